The number of nitrogens with one attached hydrogen (secondary N) is 1. The minimum atomic E-state index is -1.08. The van der Waals surface area contributed by atoms with Crippen molar-refractivity contribution in [3.63, 3.8) is 0 Å². The average Bonchev–Trinajstić information content (AvgIpc) is 2.92. The van der Waals surface area contributed by atoms with Gasteiger partial charge in [0, 0.05) is 43.1 Å². The Morgan fingerprint density at radius 3 is 2.30 bits per heavy atom. The predicted octanol–water partition coefficient (Wildman–Crippen LogP) is 3.79. The highest BCUT2D eigenvalue weighted by Gasteiger charge is 2.09. The lowest BCUT2D eigenvalue weighted by Gasteiger charge is -2.21. The van der Waals surface area contributed by atoms with Crippen LogP contribution in [0.4, 0.5) is 10.5 Å². The smallest absolute Gasteiger partial charge is 0.337 e. The standard InChI is InChI=1S/C13H18ClN3O2.C13H10N2O3/c1-3-16(2)13(19)15-9-17(10-18)8-11-4-6-12(14)7-5-11;1-14-10-3-5-11(6-4-10)15-8-9(13(17)18)2-7-12(15)16/h4-7,10H,3,8-9H2,1-2H3,(H,15,19);2-8H,1H2,(H,17,18). The zero-order valence-electron chi connectivity index (χ0n) is 20.5. The Kier molecular flexibility index (Phi) is 11.1. The molecule has 0 aliphatic heterocycles. The first-order valence-electron chi connectivity index (χ1n) is 11.1. The Labute approximate surface area is 219 Å². The fraction of sp³-hybridized carbons (Fsp3) is 0.192. The van der Waals surface area contributed by atoms with Gasteiger partial charge in [-0.1, -0.05) is 23.7 Å². The Hall–Kier alpha value is -4.44. The molecule has 0 radical (unpaired) electrons. The molecule has 1 heterocycles. The van der Waals surface area contributed by atoms with Gasteiger partial charge in [-0.05, 0) is 61.7 Å². The van der Waals surface area contributed by atoms with Crippen LogP contribution in [0.15, 0.2) is 76.6 Å². The van der Waals surface area contributed by atoms with Crippen molar-refractivity contribution in [2.45, 2.75) is 13.5 Å². The maximum Gasteiger partial charge on any atom is 0.337 e. The number of rotatable bonds is 9. The van der Waals surface area contributed by atoms with Gasteiger partial charge < -0.3 is 20.2 Å². The molecule has 10 nitrogen and oxygen atoms in total. The monoisotopic (exact) mass is 525 g/mol. The summed E-state index contributed by atoms with van der Waals surface area (Å²) < 4.78 is 1.27. The Morgan fingerprint density at radius 1 is 1.11 bits per heavy atom. The van der Waals surface area contributed by atoms with E-state index in [1.54, 1.807) is 43.4 Å². The summed E-state index contributed by atoms with van der Waals surface area (Å²) >= 11 is 5.79. The summed E-state index contributed by atoms with van der Waals surface area (Å²) in [6.07, 6.45) is 2.00. The van der Waals surface area contributed by atoms with E-state index < -0.39 is 5.97 Å². The van der Waals surface area contributed by atoms with Gasteiger partial charge in [0.05, 0.1) is 17.9 Å². The van der Waals surface area contributed by atoms with Crippen LogP contribution in [0.1, 0.15) is 22.8 Å². The summed E-state index contributed by atoms with van der Waals surface area (Å²) in [6.45, 7) is 6.49. The summed E-state index contributed by atoms with van der Waals surface area (Å²) in [5, 5.41) is 12.2. The van der Waals surface area contributed by atoms with Gasteiger partial charge in [-0.3, -0.25) is 19.1 Å². The van der Waals surface area contributed by atoms with Crippen LogP contribution < -0.4 is 10.9 Å². The van der Waals surface area contributed by atoms with Crippen molar-refractivity contribution in [1.82, 2.24) is 19.7 Å². The highest BCUT2D eigenvalue weighted by molar-refractivity contribution is 6.30. The summed E-state index contributed by atoms with van der Waals surface area (Å²) in [6, 6.07) is 16.3. The van der Waals surface area contributed by atoms with E-state index in [1.807, 2.05) is 19.1 Å². The molecule has 194 valence electrons. The first-order valence-corrected chi connectivity index (χ1v) is 11.5. The lowest BCUT2D eigenvalue weighted by molar-refractivity contribution is -0.118. The number of carboxylic acids is 1. The first kappa shape index (κ1) is 28.8. The highest BCUT2D eigenvalue weighted by Crippen LogP contribution is 2.14. The molecule has 3 aromatic rings. The lowest BCUT2D eigenvalue weighted by Crippen LogP contribution is -2.42. The number of aromatic nitrogens is 1. The van der Waals surface area contributed by atoms with E-state index >= 15 is 0 Å². The molecule has 0 saturated carbocycles. The van der Waals surface area contributed by atoms with E-state index in [4.69, 9.17) is 16.7 Å². The van der Waals surface area contributed by atoms with E-state index in [1.165, 1.54) is 32.7 Å². The van der Waals surface area contributed by atoms with Gasteiger partial charge in [0.2, 0.25) is 6.41 Å². The first-order chi connectivity index (χ1) is 17.7. The second-order valence-electron chi connectivity index (χ2n) is 7.74. The van der Waals surface area contributed by atoms with Gasteiger partial charge in [0.1, 0.15) is 0 Å². The molecule has 0 aliphatic carbocycles. The Morgan fingerprint density at radius 2 is 1.76 bits per heavy atom. The maximum atomic E-state index is 11.7. The number of carboxylic acid groups (broad SMARTS) is 1. The Bertz CT molecular complexity index is 1280. The van der Waals surface area contributed by atoms with Gasteiger partial charge in [-0.25, -0.2) is 9.59 Å². The number of benzene rings is 2. The second-order valence-corrected chi connectivity index (χ2v) is 8.18. The molecule has 3 amide bonds. The van der Waals surface area contributed by atoms with Crippen molar-refractivity contribution in [2.75, 3.05) is 20.3 Å². The summed E-state index contributed by atoms with van der Waals surface area (Å²) in [5.41, 5.74) is 1.98. The average molecular weight is 526 g/mol. The number of amides is 3. The molecule has 0 atom stereocenters. The highest BCUT2D eigenvalue weighted by atomic mass is 35.5. The third kappa shape index (κ3) is 8.93. The van der Waals surface area contributed by atoms with Gasteiger partial charge in [0.15, 0.2) is 0 Å². The second kappa shape index (κ2) is 14.2. The van der Waals surface area contributed by atoms with Crippen LogP contribution >= 0.6 is 11.6 Å². The van der Waals surface area contributed by atoms with Crippen LogP contribution in [-0.2, 0) is 11.3 Å². The van der Waals surface area contributed by atoms with Crippen LogP contribution in [0.25, 0.3) is 5.69 Å². The molecule has 0 bridgehead atoms. The van der Waals surface area contributed by atoms with Crippen molar-refractivity contribution < 1.29 is 19.5 Å². The number of hydrogen-bond acceptors (Lipinski definition) is 5. The van der Waals surface area contributed by atoms with Crippen LogP contribution in [0.5, 0.6) is 0 Å². The SMILES string of the molecule is C=Nc1ccc(-n2cc(C(=O)O)ccc2=O)cc1.CCN(C)C(=O)NCN(C=O)Cc1ccc(Cl)cc1. The van der Waals surface area contributed by atoms with E-state index in [0.29, 0.717) is 35.9 Å². The number of nitrogens with zero attached hydrogens (tertiary/aromatic N) is 4. The molecule has 0 aliphatic rings. The largest absolute Gasteiger partial charge is 0.478 e. The molecular formula is C26H28ClN5O5. The number of hydrogen-bond donors (Lipinski definition) is 2. The van der Waals surface area contributed by atoms with Gasteiger partial charge >= 0.3 is 12.0 Å². The van der Waals surface area contributed by atoms with Crippen molar-refractivity contribution >= 4 is 42.4 Å². The van der Waals surface area contributed by atoms with Crippen LogP contribution in [0.3, 0.4) is 0 Å². The molecule has 0 spiro atoms. The fourth-order valence-electron chi connectivity index (χ4n) is 2.94. The zero-order chi connectivity index (χ0) is 27.4. The Balaban J connectivity index is 0.000000260. The topological polar surface area (TPSA) is 124 Å². The van der Waals surface area contributed by atoms with E-state index in [-0.39, 0.29) is 23.8 Å². The number of halogens is 1. The number of aliphatic imine (C=N–C) groups is 1. The molecule has 2 N–H and O–H groups in total. The number of pyridine rings is 1. The molecular weight excluding hydrogens is 498 g/mol. The number of carbonyl (C=O) groups excluding carboxylic acids is 2. The molecule has 11 heteroatoms. The van der Waals surface area contributed by atoms with Crippen LogP contribution in [0.2, 0.25) is 5.02 Å². The third-order valence-corrected chi connectivity index (χ3v) is 5.42. The predicted molar refractivity (Wildman–Crippen MR) is 143 cm³/mol. The molecule has 0 unspecified atom stereocenters. The van der Waals surface area contributed by atoms with Gasteiger partial charge in [0.25, 0.3) is 5.56 Å². The van der Waals surface area contributed by atoms with E-state index in [2.05, 4.69) is 17.0 Å². The summed E-state index contributed by atoms with van der Waals surface area (Å²) in [7, 11) is 1.69. The number of carbonyl (C=O) groups is 3. The lowest BCUT2D eigenvalue weighted by atomic mass is 10.2. The molecule has 37 heavy (non-hydrogen) atoms. The fourth-order valence-corrected chi connectivity index (χ4v) is 3.06. The summed E-state index contributed by atoms with van der Waals surface area (Å²) in [4.78, 5) is 51.8. The van der Waals surface area contributed by atoms with Crippen molar-refractivity contribution in [2.24, 2.45) is 4.99 Å². The molecule has 0 fully saturated rings. The molecule has 1 aromatic heterocycles. The van der Waals surface area contributed by atoms with Crippen LogP contribution in [0, 0.1) is 0 Å². The molecule has 3 rings (SSSR count). The van der Waals surface area contributed by atoms with Crippen molar-refractivity contribution in [3.8, 4) is 5.69 Å². The van der Waals surface area contributed by atoms with E-state index in [0.717, 1.165) is 5.56 Å². The van der Waals surface area contributed by atoms with E-state index in [9.17, 15) is 19.2 Å². The number of urea groups is 1. The summed E-state index contributed by atoms with van der Waals surface area (Å²) in [5.74, 6) is -1.08. The third-order valence-electron chi connectivity index (χ3n) is 5.17. The van der Waals surface area contributed by atoms with Crippen molar-refractivity contribution in [3.05, 3.63) is 93.4 Å². The van der Waals surface area contributed by atoms with Crippen molar-refractivity contribution in [1.29, 1.82) is 0 Å². The zero-order valence-corrected chi connectivity index (χ0v) is 21.3. The van der Waals surface area contributed by atoms with Gasteiger partial charge in [-0.2, -0.15) is 0 Å². The van der Waals surface area contributed by atoms with Gasteiger partial charge in [-0.15, -0.1) is 0 Å². The molecule has 0 saturated heterocycles. The maximum absolute atomic E-state index is 11.7. The number of aromatic carboxylic acids is 1. The molecule has 2 aromatic carbocycles. The van der Waals surface area contributed by atoms with Crippen LogP contribution in [-0.4, -0.2) is 64.9 Å². The normalized spacial score (nSPS) is 9.92. The quantitative estimate of drug-likeness (QED) is 0.250. The minimum absolute atomic E-state index is 0.0560. The minimum Gasteiger partial charge on any atom is -0.478 e.